The van der Waals surface area contributed by atoms with Gasteiger partial charge in [-0.1, -0.05) is 0 Å². The number of aromatic amines is 1. The van der Waals surface area contributed by atoms with Gasteiger partial charge in [0.25, 0.3) is 0 Å². The van der Waals surface area contributed by atoms with E-state index in [2.05, 4.69) is 25.5 Å². The summed E-state index contributed by atoms with van der Waals surface area (Å²) in [4.78, 5) is 8.39. The zero-order valence-electron chi connectivity index (χ0n) is 8.57. The fourth-order valence-electron chi connectivity index (χ4n) is 1.45. The highest BCUT2D eigenvalue weighted by Crippen LogP contribution is 2.29. The van der Waals surface area contributed by atoms with Gasteiger partial charge < -0.3 is 11.1 Å². The van der Waals surface area contributed by atoms with Crippen LogP contribution < -0.4 is 11.1 Å². The molecular weight excluding hydrogens is 192 g/mol. The van der Waals surface area contributed by atoms with Crippen molar-refractivity contribution in [1.29, 1.82) is 0 Å². The van der Waals surface area contributed by atoms with E-state index in [4.69, 9.17) is 5.73 Å². The van der Waals surface area contributed by atoms with E-state index >= 15 is 0 Å². The Labute approximate surface area is 86.9 Å². The molecule has 2 heterocycles. The third kappa shape index (κ3) is 1.61. The second-order valence-electron chi connectivity index (χ2n) is 3.12. The van der Waals surface area contributed by atoms with E-state index in [1.54, 1.807) is 26.4 Å². The van der Waals surface area contributed by atoms with Crippen molar-refractivity contribution in [3.8, 4) is 11.1 Å². The second-order valence-corrected chi connectivity index (χ2v) is 3.12. The first-order valence-corrected chi connectivity index (χ1v) is 4.53. The van der Waals surface area contributed by atoms with E-state index in [0.29, 0.717) is 17.5 Å². The molecular formula is C9H12N6. The van der Waals surface area contributed by atoms with E-state index in [-0.39, 0.29) is 0 Å². The molecule has 0 aliphatic carbocycles. The van der Waals surface area contributed by atoms with Gasteiger partial charge in [-0.2, -0.15) is 5.10 Å². The Bertz CT molecular complexity index is 462. The van der Waals surface area contributed by atoms with Crippen LogP contribution in [0.25, 0.3) is 11.1 Å². The average molecular weight is 204 g/mol. The number of aromatic nitrogens is 4. The summed E-state index contributed by atoms with van der Waals surface area (Å²) in [5.41, 5.74) is 7.50. The minimum atomic E-state index is 0.452. The number of hydrogen-bond acceptors (Lipinski definition) is 5. The zero-order chi connectivity index (χ0) is 10.8. The first kappa shape index (κ1) is 9.45. The van der Waals surface area contributed by atoms with Gasteiger partial charge in [-0.15, -0.1) is 0 Å². The summed E-state index contributed by atoms with van der Waals surface area (Å²) in [7, 11) is 1.80. The van der Waals surface area contributed by atoms with Crippen LogP contribution in [0.15, 0.2) is 12.4 Å². The predicted molar refractivity (Wildman–Crippen MR) is 58.3 cm³/mol. The third-order valence-electron chi connectivity index (χ3n) is 2.07. The van der Waals surface area contributed by atoms with Crippen molar-refractivity contribution in [2.24, 2.45) is 0 Å². The minimum Gasteiger partial charge on any atom is -0.383 e. The second kappa shape index (κ2) is 3.56. The maximum Gasteiger partial charge on any atom is 0.139 e. The number of aryl methyl sites for hydroxylation is 1. The van der Waals surface area contributed by atoms with Gasteiger partial charge in [0.15, 0.2) is 0 Å². The molecule has 0 aliphatic rings. The van der Waals surface area contributed by atoms with Gasteiger partial charge in [0.1, 0.15) is 17.5 Å². The molecule has 0 saturated heterocycles. The van der Waals surface area contributed by atoms with Crippen LogP contribution in [0.3, 0.4) is 0 Å². The van der Waals surface area contributed by atoms with Crippen molar-refractivity contribution in [2.45, 2.75) is 6.92 Å². The standard InChI is InChI=1S/C9H12N6/c1-5-14-8(10)7(9(11-2)15-5)6-3-12-13-4-6/h3-4H,1-2H3,(H,12,13)(H3,10,11,14,15). The van der Waals surface area contributed by atoms with Crippen molar-refractivity contribution in [3.63, 3.8) is 0 Å². The molecule has 2 aromatic rings. The molecule has 2 rings (SSSR count). The summed E-state index contributed by atoms with van der Waals surface area (Å²) in [5, 5.41) is 9.60. The molecule has 4 N–H and O–H groups in total. The van der Waals surface area contributed by atoms with Crippen molar-refractivity contribution >= 4 is 11.6 Å². The largest absolute Gasteiger partial charge is 0.383 e. The van der Waals surface area contributed by atoms with Crippen molar-refractivity contribution in [3.05, 3.63) is 18.2 Å². The van der Waals surface area contributed by atoms with Crippen LogP contribution in [0.1, 0.15) is 5.82 Å². The number of H-pyrrole nitrogens is 1. The van der Waals surface area contributed by atoms with Gasteiger partial charge in [-0.25, -0.2) is 9.97 Å². The Balaban J connectivity index is 2.64. The molecule has 0 fully saturated rings. The molecule has 2 aromatic heterocycles. The Morgan fingerprint density at radius 1 is 1.40 bits per heavy atom. The fourth-order valence-corrected chi connectivity index (χ4v) is 1.45. The molecule has 0 unspecified atom stereocenters. The summed E-state index contributed by atoms with van der Waals surface area (Å²) >= 11 is 0. The smallest absolute Gasteiger partial charge is 0.139 e. The number of rotatable bonds is 2. The monoisotopic (exact) mass is 204 g/mol. The summed E-state index contributed by atoms with van der Waals surface area (Å²) in [6.07, 6.45) is 3.44. The number of nitrogen functional groups attached to an aromatic ring is 1. The van der Waals surface area contributed by atoms with Crippen LogP contribution in [0, 0.1) is 6.92 Å². The quantitative estimate of drug-likeness (QED) is 0.672. The molecule has 0 atom stereocenters. The lowest BCUT2D eigenvalue weighted by Gasteiger charge is -2.09. The molecule has 6 nitrogen and oxygen atoms in total. The SMILES string of the molecule is CNc1nc(C)nc(N)c1-c1cn[nH]c1. The molecule has 6 heteroatoms. The lowest BCUT2D eigenvalue weighted by molar-refractivity contribution is 1.06. The zero-order valence-corrected chi connectivity index (χ0v) is 8.57. The first-order valence-electron chi connectivity index (χ1n) is 4.53. The molecule has 15 heavy (non-hydrogen) atoms. The lowest BCUT2D eigenvalue weighted by Crippen LogP contribution is -2.04. The van der Waals surface area contributed by atoms with Crippen LogP contribution >= 0.6 is 0 Å². The Hall–Kier alpha value is -2.11. The lowest BCUT2D eigenvalue weighted by atomic mass is 10.1. The number of nitrogens with zero attached hydrogens (tertiary/aromatic N) is 3. The van der Waals surface area contributed by atoms with Crippen LogP contribution in [-0.4, -0.2) is 27.2 Å². The maximum atomic E-state index is 5.86. The molecule has 78 valence electrons. The minimum absolute atomic E-state index is 0.452. The van der Waals surface area contributed by atoms with Gasteiger partial charge in [0.2, 0.25) is 0 Å². The van der Waals surface area contributed by atoms with E-state index in [1.165, 1.54) is 0 Å². The maximum absolute atomic E-state index is 5.86. The molecule has 0 radical (unpaired) electrons. The highest BCUT2D eigenvalue weighted by Gasteiger charge is 2.12. The van der Waals surface area contributed by atoms with E-state index in [1.807, 2.05) is 0 Å². The number of hydrogen-bond donors (Lipinski definition) is 3. The summed E-state index contributed by atoms with van der Waals surface area (Å²) in [6.45, 7) is 1.80. The third-order valence-corrected chi connectivity index (χ3v) is 2.07. The highest BCUT2D eigenvalue weighted by molar-refractivity contribution is 5.82. The normalized spacial score (nSPS) is 10.3. The van der Waals surface area contributed by atoms with Gasteiger partial charge in [-0.05, 0) is 6.92 Å². The Kier molecular flexibility index (Phi) is 2.24. The molecule has 0 amide bonds. The highest BCUT2D eigenvalue weighted by atomic mass is 15.1. The summed E-state index contributed by atoms with van der Waals surface area (Å²) < 4.78 is 0. The van der Waals surface area contributed by atoms with Crippen LogP contribution in [0.2, 0.25) is 0 Å². The van der Waals surface area contributed by atoms with Crippen molar-refractivity contribution in [2.75, 3.05) is 18.1 Å². The average Bonchev–Trinajstić information content (AvgIpc) is 2.69. The van der Waals surface area contributed by atoms with Crippen molar-refractivity contribution < 1.29 is 0 Å². The van der Waals surface area contributed by atoms with Crippen LogP contribution in [0.5, 0.6) is 0 Å². The molecule has 0 saturated carbocycles. The number of nitrogens with one attached hydrogen (secondary N) is 2. The Morgan fingerprint density at radius 2 is 2.20 bits per heavy atom. The van der Waals surface area contributed by atoms with E-state index in [9.17, 15) is 0 Å². The van der Waals surface area contributed by atoms with E-state index in [0.717, 1.165) is 11.1 Å². The van der Waals surface area contributed by atoms with Crippen molar-refractivity contribution in [1.82, 2.24) is 20.2 Å². The van der Waals surface area contributed by atoms with Gasteiger partial charge in [-0.3, -0.25) is 5.10 Å². The van der Waals surface area contributed by atoms with Gasteiger partial charge >= 0.3 is 0 Å². The fraction of sp³-hybridized carbons (Fsp3) is 0.222. The number of anilines is 2. The molecule has 0 aromatic carbocycles. The van der Waals surface area contributed by atoms with Gasteiger partial charge in [0, 0.05) is 18.8 Å². The van der Waals surface area contributed by atoms with E-state index < -0.39 is 0 Å². The van der Waals surface area contributed by atoms with Crippen LogP contribution in [0.4, 0.5) is 11.6 Å². The Morgan fingerprint density at radius 3 is 2.80 bits per heavy atom. The van der Waals surface area contributed by atoms with Crippen LogP contribution in [-0.2, 0) is 0 Å². The topological polar surface area (TPSA) is 92.5 Å². The molecule has 0 bridgehead atoms. The van der Waals surface area contributed by atoms with Gasteiger partial charge in [0.05, 0.1) is 11.8 Å². The summed E-state index contributed by atoms with van der Waals surface area (Å²) in [5.74, 6) is 1.80. The first-order chi connectivity index (χ1) is 7.22. The summed E-state index contributed by atoms with van der Waals surface area (Å²) in [6, 6.07) is 0. The number of nitrogens with two attached hydrogens (primary N) is 1. The molecule has 0 aliphatic heterocycles. The predicted octanol–water partition coefficient (Wildman–Crippen LogP) is 0.799. The molecule has 0 spiro atoms.